The Balaban J connectivity index is 2.14. The molecule has 1 saturated heterocycles. The molecule has 21 heavy (non-hydrogen) atoms. The predicted octanol–water partition coefficient (Wildman–Crippen LogP) is 2.75. The number of nitrogens with one attached hydrogen (secondary N) is 1. The van der Waals surface area contributed by atoms with Crippen LogP contribution in [0.1, 0.15) is 39.0 Å². The van der Waals surface area contributed by atoms with Gasteiger partial charge in [-0.2, -0.15) is 0 Å². The molecule has 1 N–H and O–H groups in total. The highest BCUT2D eigenvalue weighted by Gasteiger charge is 2.28. The Morgan fingerprint density at radius 2 is 2.19 bits per heavy atom. The summed E-state index contributed by atoms with van der Waals surface area (Å²) in [5, 5.41) is 3.52. The fourth-order valence-electron chi connectivity index (χ4n) is 2.72. The van der Waals surface area contributed by atoms with Crippen molar-refractivity contribution in [1.82, 2.24) is 10.3 Å². The van der Waals surface area contributed by atoms with Gasteiger partial charge in [-0.05, 0) is 39.3 Å². The van der Waals surface area contributed by atoms with Gasteiger partial charge in [0, 0.05) is 42.8 Å². The first kappa shape index (κ1) is 16.2. The van der Waals surface area contributed by atoms with E-state index in [4.69, 9.17) is 4.74 Å². The van der Waals surface area contributed by atoms with E-state index in [2.05, 4.69) is 55.9 Å². The van der Waals surface area contributed by atoms with Gasteiger partial charge in [-0.15, -0.1) is 0 Å². The van der Waals surface area contributed by atoms with Gasteiger partial charge in [0.15, 0.2) is 0 Å². The van der Waals surface area contributed by atoms with Gasteiger partial charge in [0.25, 0.3) is 0 Å². The van der Waals surface area contributed by atoms with E-state index in [-0.39, 0.29) is 5.60 Å². The number of aromatic nitrogens is 1. The van der Waals surface area contributed by atoms with Crippen molar-refractivity contribution in [3.63, 3.8) is 0 Å². The maximum absolute atomic E-state index is 5.83. The number of nitrogens with zero attached hydrogens (tertiary/aromatic N) is 2. The van der Waals surface area contributed by atoms with Crippen LogP contribution in [0.15, 0.2) is 12.3 Å². The standard InChI is InChI=1S/C17H29N3O/c1-13(2)9-18-10-15-11-19-14(3)8-16(15)20-6-7-21-17(4,5)12-20/h8,11,13,18H,6-7,9-10,12H2,1-5H3. The fraction of sp³-hybridized carbons (Fsp3) is 0.706. The van der Waals surface area contributed by atoms with E-state index in [9.17, 15) is 0 Å². The van der Waals surface area contributed by atoms with Crippen molar-refractivity contribution >= 4 is 5.69 Å². The highest BCUT2D eigenvalue weighted by molar-refractivity contribution is 5.54. The van der Waals surface area contributed by atoms with Gasteiger partial charge in [-0.1, -0.05) is 13.8 Å². The Morgan fingerprint density at radius 1 is 1.43 bits per heavy atom. The summed E-state index contributed by atoms with van der Waals surface area (Å²) in [4.78, 5) is 6.91. The minimum Gasteiger partial charge on any atom is -0.372 e. The molecule has 1 aromatic heterocycles. The van der Waals surface area contributed by atoms with Crippen LogP contribution in [0.2, 0.25) is 0 Å². The smallest absolute Gasteiger partial charge is 0.0801 e. The quantitative estimate of drug-likeness (QED) is 0.905. The van der Waals surface area contributed by atoms with Crippen molar-refractivity contribution in [2.45, 2.75) is 46.8 Å². The summed E-state index contributed by atoms with van der Waals surface area (Å²) in [5.41, 5.74) is 3.56. The molecule has 0 spiro atoms. The van der Waals surface area contributed by atoms with E-state index in [1.54, 1.807) is 0 Å². The number of morpholine rings is 1. The minimum atomic E-state index is -0.0853. The van der Waals surface area contributed by atoms with Gasteiger partial charge >= 0.3 is 0 Å². The van der Waals surface area contributed by atoms with Gasteiger partial charge in [-0.25, -0.2) is 0 Å². The third-order valence-electron chi connectivity index (χ3n) is 3.73. The van der Waals surface area contributed by atoms with Crippen molar-refractivity contribution in [2.24, 2.45) is 5.92 Å². The number of ether oxygens (including phenoxy) is 1. The molecule has 0 unspecified atom stereocenters. The largest absolute Gasteiger partial charge is 0.372 e. The van der Waals surface area contributed by atoms with Crippen LogP contribution in [-0.4, -0.2) is 36.8 Å². The highest BCUT2D eigenvalue weighted by atomic mass is 16.5. The van der Waals surface area contributed by atoms with Crippen LogP contribution in [0.25, 0.3) is 0 Å². The number of rotatable bonds is 5. The average Bonchev–Trinajstić information content (AvgIpc) is 2.39. The lowest BCUT2D eigenvalue weighted by Gasteiger charge is -2.40. The molecule has 4 heteroatoms. The maximum Gasteiger partial charge on any atom is 0.0801 e. The monoisotopic (exact) mass is 291 g/mol. The zero-order chi connectivity index (χ0) is 15.5. The normalized spacial score (nSPS) is 18.3. The van der Waals surface area contributed by atoms with Gasteiger partial charge in [0.05, 0.1) is 12.2 Å². The number of pyridine rings is 1. The highest BCUT2D eigenvalue weighted by Crippen LogP contribution is 2.26. The molecule has 2 heterocycles. The molecule has 2 rings (SSSR count). The van der Waals surface area contributed by atoms with Crippen LogP contribution >= 0.6 is 0 Å². The molecule has 0 bridgehead atoms. The first-order valence-corrected chi connectivity index (χ1v) is 7.92. The summed E-state index contributed by atoms with van der Waals surface area (Å²) in [5.74, 6) is 0.661. The Bertz CT molecular complexity index is 471. The van der Waals surface area contributed by atoms with Crippen molar-refractivity contribution in [3.8, 4) is 0 Å². The molecule has 0 atom stereocenters. The second-order valence-corrected chi connectivity index (χ2v) is 7.01. The summed E-state index contributed by atoms with van der Waals surface area (Å²) in [6.45, 7) is 15.4. The Hall–Kier alpha value is -1.13. The molecule has 1 aliphatic heterocycles. The predicted molar refractivity (Wildman–Crippen MR) is 87.8 cm³/mol. The summed E-state index contributed by atoms with van der Waals surface area (Å²) in [6, 6.07) is 2.20. The molecule has 1 fully saturated rings. The second-order valence-electron chi connectivity index (χ2n) is 7.01. The van der Waals surface area contributed by atoms with Gasteiger partial charge < -0.3 is 15.0 Å². The van der Waals surface area contributed by atoms with Crippen LogP contribution in [0.4, 0.5) is 5.69 Å². The number of hydrogen-bond acceptors (Lipinski definition) is 4. The van der Waals surface area contributed by atoms with Crippen LogP contribution in [0.3, 0.4) is 0 Å². The lowest BCUT2D eigenvalue weighted by Crippen LogP contribution is -2.48. The summed E-state index contributed by atoms with van der Waals surface area (Å²) >= 11 is 0. The van der Waals surface area contributed by atoms with Crippen LogP contribution in [-0.2, 0) is 11.3 Å². The molecular weight excluding hydrogens is 262 g/mol. The number of aryl methyl sites for hydroxylation is 1. The van der Waals surface area contributed by atoms with E-state index < -0.39 is 0 Å². The molecule has 118 valence electrons. The zero-order valence-corrected chi connectivity index (χ0v) is 14.1. The Labute approximate surface area is 128 Å². The Morgan fingerprint density at radius 3 is 2.86 bits per heavy atom. The zero-order valence-electron chi connectivity index (χ0n) is 14.1. The lowest BCUT2D eigenvalue weighted by atomic mass is 10.1. The summed E-state index contributed by atoms with van der Waals surface area (Å²) in [7, 11) is 0. The topological polar surface area (TPSA) is 37.4 Å². The molecule has 0 radical (unpaired) electrons. The molecule has 0 aromatic carbocycles. The van der Waals surface area contributed by atoms with Crippen LogP contribution in [0.5, 0.6) is 0 Å². The Kier molecular flexibility index (Phi) is 5.22. The second kappa shape index (κ2) is 6.75. The van der Waals surface area contributed by atoms with E-state index >= 15 is 0 Å². The summed E-state index contributed by atoms with van der Waals surface area (Å²) in [6.07, 6.45) is 2.01. The third kappa shape index (κ3) is 4.68. The van der Waals surface area contributed by atoms with Gasteiger partial charge in [0.1, 0.15) is 0 Å². The molecular formula is C17H29N3O. The SMILES string of the molecule is Cc1cc(N2CCOC(C)(C)C2)c(CNCC(C)C)cn1. The molecule has 0 saturated carbocycles. The first-order valence-electron chi connectivity index (χ1n) is 7.92. The molecule has 0 amide bonds. The van der Waals surface area contributed by atoms with Crippen molar-refractivity contribution in [1.29, 1.82) is 0 Å². The molecule has 0 aliphatic carbocycles. The minimum absolute atomic E-state index is 0.0853. The van der Waals surface area contributed by atoms with Crippen molar-refractivity contribution < 1.29 is 4.74 Å². The summed E-state index contributed by atoms with van der Waals surface area (Å²) < 4.78 is 5.83. The van der Waals surface area contributed by atoms with E-state index in [1.165, 1.54) is 11.3 Å². The van der Waals surface area contributed by atoms with Gasteiger partial charge in [0.2, 0.25) is 0 Å². The van der Waals surface area contributed by atoms with Crippen molar-refractivity contribution in [3.05, 3.63) is 23.5 Å². The van der Waals surface area contributed by atoms with E-state index in [0.717, 1.165) is 38.5 Å². The molecule has 1 aromatic rings. The van der Waals surface area contributed by atoms with E-state index in [0.29, 0.717) is 5.92 Å². The van der Waals surface area contributed by atoms with Crippen molar-refractivity contribution in [2.75, 3.05) is 31.1 Å². The third-order valence-corrected chi connectivity index (χ3v) is 3.73. The van der Waals surface area contributed by atoms with Crippen LogP contribution in [0, 0.1) is 12.8 Å². The molecule has 1 aliphatic rings. The van der Waals surface area contributed by atoms with Gasteiger partial charge in [-0.3, -0.25) is 4.98 Å². The number of hydrogen-bond donors (Lipinski definition) is 1. The fourth-order valence-corrected chi connectivity index (χ4v) is 2.72. The maximum atomic E-state index is 5.83. The first-order chi connectivity index (χ1) is 9.87. The average molecular weight is 291 g/mol. The molecule has 4 nitrogen and oxygen atoms in total. The lowest BCUT2D eigenvalue weighted by molar-refractivity contribution is -0.0277. The number of anilines is 1. The van der Waals surface area contributed by atoms with Crippen LogP contribution < -0.4 is 10.2 Å². The van der Waals surface area contributed by atoms with E-state index in [1.807, 2.05) is 6.20 Å².